The number of nitrogens with zero attached hydrogens (tertiary/aromatic N) is 2. The van der Waals surface area contributed by atoms with Gasteiger partial charge in [-0.15, -0.1) is 0 Å². The lowest BCUT2D eigenvalue weighted by molar-refractivity contribution is -0.118. The fraction of sp³-hybridized carbons (Fsp3) is 0.333. The Morgan fingerprint density at radius 3 is 2.52 bits per heavy atom. The average Bonchev–Trinajstić information content (AvgIpc) is 2.82. The van der Waals surface area contributed by atoms with E-state index in [1.165, 1.54) is 11.4 Å². The summed E-state index contributed by atoms with van der Waals surface area (Å²) in [6, 6.07) is 12.2. The van der Waals surface area contributed by atoms with Gasteiger partial charge in [-0.05, 0) is 50.1 Å². The SMILES string of the molecule is Cc1ccc(N2NC(C(=O)Nc3ccc(Cl)c(C(=O)NC4CCCCC4)c3)=NCC2=O)cc1. The zero-order valence-electron chi connectivity index (χ0n) is 18.4. The first kappa shape index (κ1) is 22.8. The van der Waals surface area contributed by atoms with Crippen LogP contribution in [0.1, 0.15) is 48.0 Å². The van der Waals surface area contributed by atoms with E-state index in [0.717, 1.165) is 31.2 Å². The molecule has 3 N–H and O–H groups in total. The summed E-state index contributed by atoms with van der Waals surface area (Å²) in [4.78, 5) is 41.9. The van der Waals surface area contributed by atoms with Gasteiger partial charge in [-0.3, -0.25) is 24.8 Å². The lowest BCUT2D eigenvalue weighted by Gasteiger charge is -2.27. The molecule has 0 atom stereocenters. The van der Waals surface area contributed by atoms with Crippen LogP contribution in [0.3, 0.4) is 0 Å². The Bertz CT molecular complexity index is 1090. The van der Waals surface area contributed by atoms with Gasteiger partial charge in [0.2, 0.25) is 5.84 Å². The van der Waals surface area contributed by atoms with Gasteiger partial charge < -0.3 is 10.6 Å². The minimum atomic E-state index is -0.527. The number of aliphatic imine (C=N–C) groups is 1. The molecule has 2 aromatic carbocycles. The Morgan fingerprint density at radius 2 is 1.79 bits per heavy atom. The Balaban J connectivity index is 1.44. The monoisotopic (exact) mass is 467 g/mol. The number of carbonyl (C=O) groups excluding carboxylic acids is 3. The zero-order valence-corrected chi connectivity index (χ0v) is 19.1. The van der Waals surface area contributed by atoms with E-state index >= 15 is 0 Å². The number of halogens is 1. The molecule has 9 heteroatoms. The van der Waals surface area contributed by atoms with E-state index in [-0.39, 0.29) is 30.2 Å². The van der Waals surface area contributed by atoms with Gasteiger partial charge >= 0.3 is 0 Å². The molecule has 0 saturated heterocycles. The molecule has 33 heavy (non-hydrogen) atoms. The molecule has 0 bridgehead atoms. The van der Waals surface area contributed by atoms with Crippen LogP contribution < -0.4 is 21.1 Å². The fourth-order valence-electron chi connectivity index (χ4n) is 3.92. The predicted molar refractivity (Wildman–Crippen MR) is 129 cm³/mol. The molecule has 0 spiro atoms. The number of hydrogen-bond acceptors (Lipinski definition) is 5. The minimum Gasteiger partial charge on any atom is -0.349 e. The smallest absolute Gasteiger partial charge is 0.292 e. The van der Waals surface area contributed by atoms with Crippen molar-refractivity contribution in [1.29, 1.82) is 0 Å². The van der Waals surface area contributed by atoms with Crippen LogP contribution >= 0.6 is 11.6 Å². The maximum Gasteiger partial charge on any atom is 0.292 e. The summed E-state index contributed by atoms with van der Waals surface area (Å²) in [5.41, 5.74) is 5.15. The summed E-state index contributed by atoms with van der Waals surface area (Å²) in [5, 5.41) is 7.37. The van der Waals surface area contributed by atoms with E-state index in [0.29, 0.717) is 22.0 Å². The quantitative estimate of drug-likeness (QED) is 0.625. The van der Waals surface area contributed by atoms with Crippen molar-refractivity contribution in [2.75, 3.05) is 16.9 Å². The molecular formula is C24H26ClN5O3. The number of amides is 3. The van der Waals surface area contributed by atoms with Crippen molar-refractivity contribution in [3.63, 3.8) is 0 Å². The maximum absolute atomic E-state index is 12.8. The molecule has 2 aliphatic rings. The highest BCUT2D eigenvalue weighted by atomic mass is 35.5. The lowest BCUT2D eigenvalue weighted by Crippen LogP contribution is -2.54. The van der Waals surface area contributed by atoms with E-state index in [1.54, 1.807) is 30.3 Å². The van der Waals surface area contributed by atoms with Crippen LogP contribution in [0.4, 0.5) is 11.4 Å². The van der Waals surface area contributed by atoms with Crippen LogP contribution in [0.25, 0.3) is 0 Å². The number of amidine groups is 1. The summed E-state index contributed by atoms with van der Waals surface area (Å²) in [7, 11) is 0. The van der Waals surface area contributed by atoms with Crippen molar-refractivity contribution in [2.24, 2.45) is 4.99 Å². The van der Waals surface area contributed by atoms with E-state index in [4.69, 9.17) is 11.6 Å². The largest absolute Gasteiger partial charge is 0.349 e. The van der Waals surface area contributed by atoms with Crippen LogP contribution in [-0.4, -0.2) is 36.1 Å². The second kappa shape index (κ2) is 10.0. The highest BCUT2D eigenvalue weighted by Crippen LogP contribution is 2.23. The standard InChI is InChI=1S/C24H26ClN5O3/c1-15-7-10-18(11-8-15)30-21(31)14-26-22(29-30)24(33)28-17-9-12-20(25)19(13-17)23(32)27-16-5-3-2-4-6-16/h7-13,16H,2-6,14H2,1H3,(H,26,29)(H,27,32)(H,28,33). The predicted octanol–water partition coefficient (Wildman–Crippen LogP) is 3.60. The number of carbonyl (C=O) groups is 3. The third-order valence-corrected chi connectivity index (χ3v) is 6.09. The van der Waals surface area contributed by atoms with Crippen LogP contribution in [0.2, 0.25) is 5.02 Å². The maximum atomic E-state index is 12.8. The molecule has 0 radical (unpaired) electrons. The van der Waals surface area contributed by atoms with Gasteiger partial charge in [0.25, 0.3) is 17.7 Å². The summed E-state index contributed by atoms with van der Waals surface area (Å²) < 4.78 is 0. The molecule has 3 amide bonds. The average molecular weight is 468 g/mol. The van der Waals surface area contributed by atoms with Gasteiger partial charge in [-0.1, -0.05) is 48.6 Å². The normalized spacial score (nSPS) is 16.6. The minimum absolute atomic E-state index is 0.00154. The number of aryl methyl sites for hydroxylation is 1. The second-order valence-electron chi connectivity index (χ2n) is 8.30. The summed E-state index contributed by atoms with van der Waals surface area (Å²) in [6.45, 7) is 1.80. The molecule has 1 aliphatic carbocycles. The number of anilines is 2. The first-order chi connectivity index (χ1) is 15.9. The Morgan fingerprint density at radius 1 is 1.06 bits per heavy atom. The Hall–Kier alpha value is -3.39. The van der Waals surface area contributed by atoms with Crippen molar-refractivity contribution in [3.05, 3.63) is 58.6 Å². The molecule has 1 aliphatic heterocycles. The number of nitrogens with one attached hydrogen (secondary N) is 3. The van der Waals surface area contributed by atoms with Gasteiger partial charge in [0, 0.05) is 11.7 Å². The zero-order chi connectivity index (χ0) is 23.4. The highest BCUT2D eigenvalue weighted by Gasteiger charge is 2.26. The van der Waals surface area contributed by atoms with Crippen LogP contribution in [0.5, 0.6) is 0 Å². The van der Waals surface area contributed by atoms with Gasteiger partial charge in [0.1, 0.15) is 6.54 Å². The number of rotatable bonds is 5. The second-order valence-corrected chi connectivity index (χ2v) is 8.71. The Kier molecular flexibility index (Phi) is 6.93. The summed E-state index contributed by atoms with van der Waals surface area (Å²) in [6.07, 6.45) is 5.32. The summed E-state index contributed by atoms with van der Waals surface area (Å²) >= 11 is 6.25. The van der Waals surface area contributed by atoms with Crippen molar-refractivity contribution >= 4 is 46.5 Å². The third kappa shape index (κ3) is 5.51. The van der Waals surface area contributed by atoms with Crippen molar-refractivity contribution in [3.8, 4) is 0 Å². The van der Waals surface area contributed by atoms with Crippen LogP contribution in [0.15, 0.2) is 47.5 Å². The molecule has 4 rings (SSSR count). The van der Waals surface area contributed by atoms with E-state index in [2.05, 4.69) is 21.1 Å². The topological polar surface area (TPSA) is 103 Å². The molecule has 1 saturated carbocycles. The molecule has 8 nitrogen and oxygen atoms in total. The van der Waals surface area contributed by atoms with Crippen molar-refractivity contribution < 1.29 is 14.4 Å². The van der Waals surface area contributed by atoms with Crippen molar-refractivity contribution in [1.82, 2.24) is 10.7 Å². The van der Waals surface area contributed by atoms with Gasteiger partial charge in [-0.25, -0.2) is 5.01 Å². The van der Waals surface area contributed by atoms with Crippen LogP contribution in [0, 0.1) is 6.92 Å². The van der Waals surface area contributed by atoms with Crippen molar-refractivity contribution in [2.45, 2.75) is 45.1 Å². The summed E-state index contributed by atoms with van der Waals surface area (Å²) in [5.74, 6) is -1.06. The number of hydrazine groups is 1. The number of hydrogen-bond donors (Lipinski definition) is 3. The lowest BCUT2D eigenvalue weighted by atomic mass is 9.95. The molecule has 1 heterocycles. The van der Waals surface area contributed by atoms with E-state index in [1.807, 2.05) is 19.1 Å². The van der Waals surface area contributed by atoms with E-state index < -0.39 is 5.91 Å². The first-order valence-electron chi connectivity index (χ1n) is 11.0. The molecular weight excluding hydrogens is 442 g/mol. The molecule has 2 aromatic rings. The molecule has 0 unspecified atom stereocenters. The van der Waals surface area contributed by atoms with Crippen LogP contribution in [-0.2, 0) is 9.59 Å². The molecule has 1 fully saturated rings. The number of benzene rings is 2. The first-order valence-corrected chi connectivity index (χ1v) is 11.4. The van der Waals surface area contributed by atoms with E-state index in [9.17, 15) is 14.4 Å². The van der Waals surface area contributed by atoms with Gasteiger partial charge in [0.15, 0.2) is 0 Å². The molecule has 0 aromatic heterocycles. The third-order valence-electron chi connectivity index (χ3n) is 5.76. The Labute approximate surface area is 197 Å². The van der Waals surface area contributed by atoms with Gasteiger partial charge in [-0.2, -0.15) is 0 Å². The molecule has 172 valence electrons. The fourth-order valence-corrected chi connectivity index (χ4v) is 4.13. The highest BCUT2D eigenvalue weighted by molar-refractivity contribution is 6.43. The van der Waals surface area contributed by atoms with Gasteiger partial charge in [0.05, 0.1) is 16.3 Å².